The normalized spacial score (nSPS) is 15.9. The number of anilines is 1. The maximum absolute atomic E-state index is 11.4. The lowest BCUT2D eigenvalue weighted by Crippen LogP contribution is -2.30. The SMILES string of the molecule is CCCCCN1CCC=C(c2csc(N(C)C(C)=O)n2)C1. The van der Waals surface area contributed by atoms with Crippen LogP contribution in [0.4, 0.5) is 5.13 Å². The molecular weight excluding hydrogens is 282 g/mol. The van der Waals surface area contributed by atoms with Crippen LogP contribution in [0.15, 0.2) is 11.5 Å². The van der Waals surface area contributed by atoms with Crippen molar-refractivity contribution in [3.05, 3.63) is 17.2 Å². The summed E-state index contributed by atoms with van der Waals surface area (Å²) in [5, 5.41) is 2.84. The van der Waals surface area contributed by atoms with E-state index < -0.39 is 0 Å². The predicted octanol–water partition coefficient (Wildman–Crippen LogP) is 3.41. The number of unbranched alkanes of at least 4 members (excludes halogenated alkanes) is 2. The molecule has 1 amide bonds. The van der Waals surface area contributed by atoms with E-state index in [0.717, 1.165) is 30.3 Å². The van der Waals surface area contributed by atoms with Gasteiger partial charge in [0.1, 0.15) is 0 Å². The van der Waals surface area contributed by atoms with E-state index in [0.29, 0.717) is 0 Å². The first-order chi connectivity index (χ1) is 10.1. The van der Waals surface area contributed by atoms with Crippen LogP contribution >= 0.6 is 11.3 Å². The van der Waals surface area contributed by atoms with Crippen molar-refractivity contribution >= 4 is 27.9 Å². The highest BCUT2D eigenvalue weighted by molar-refractivity contribution is 7.14. The van der Waals surface area contributed by atoms with Crippen LogP contribution in [0.2, 0.25) is 0 Å². The number of hydrogen-bond acceptors (Lipinski definition) is 4. The zero-order valence-corrected chi connectivity index (χ0v) is 14.1. The molecule has 0 saturated carbocycles. The van der Waals surface area contributed by atoms with Gasteiger partial charge in [-0.2, -0.15) is 0 Å². The predicted molar refractivity (Wildman–Crippen MR) is 89.8 cm³/mol. The molecule has 0 aromatic carbocycles. The van der Waals surface area contributed by atoms with Crippen molar-refractivity contribution in [2.45, 2.75) is 39.5 Å². The van der Waals surface area contributed by atoms with E-state index in [1.54, 1.807) is 18.9 Å². The minimum absolute atomic E-state index is 0.0229. The summed E-state index contributed by atoms with van der Waals surface area (Å²) < 4.78 is 0. The minimum atomic E-state index is 0.0229. The first-order valence-electron chi connectivity index (χ1n) is 7.73. The number of rotatable bonds is 6. The molecule has 0 bridgehead atoms. The van der Waals surface area contributed by atoms with E-state index in [4.69, 9.17) is 0 Å². The van der Waals surface area contributed by atoms with Crippen LogP contribution in [0.3, 0.4) is 0 Å². The van der Waals surface area contributed by atoms with Gasteiger partial charge in [-0.15, -0.1) is 11.3 Å². The van der Waals surface area contributed by atoms with E-state index in [1.165, 1.54) is 42.7 Å². The molecule has 116 valence electrons. The highest BCUT2D eigenvalue weighted by Gasteiger charge is 2.17. The highest BCUT2D eigenvalue weighted by atomic mass is 32.1. The van der Waals surface area contributed by atoms with Crippen LogP contribution in [-0.2, 0) is 4.79 Å². The molecule has 0 spiro atoms. The molecule has 1 aromatic rings. The molecule has 0 fully saturated rings. The van der Waals surface area contributed by atoms with Crippen molar-refractivity contribution in [1.82, 2.24) is 9.88 Å². The van der Waals surface area contributed by atoms with Gasteiger partial charge in [0.2, 0.25) is 5.91 Å². The van der Waals surface area contributed by atoms with Gasteiger partial charge in [-0.05, 0) is 25.0 Å². The summed E-state index contributed by atoms with van der Waals surface area (Å²) in [7, 11) is 1.78. The molecule has 2 rings (SSSR count). The van der Waals surface area contributed by atoms with E-state index in [2.05, 4.69) is 28.3 Å². The number of carbonyl (C=O) groups is 1. The van der Waals surface area contributed by atoms with Gasteiger partial charge in [0, 0.05) is 32.4 Å². The lowest BCUT2D eigenvalue weighted by atomic mass is 10.1. The standard InChI is InChI=1S/C16H25N3OS/c1-4-5-6-9-19-10-7-8-14(11-19)15-12-21-16(17-15)18(3)13(2)20/h8,12H,4-7,9-11H2,1-3H3. The van der Waals surface area contributed by atoms with E-state index in [-0.39, 0.29) is 5.91 Å². The Morgan fingerprint density at radius 2 is 2.29 bits per heavy atom. The van der Waals surface area contributed by atoms with Crippen LogP contribution in [0.25, 0.3) is 5.57 Å². The third kappa shape index (κ3) is 4.38. The molecule has 1 aromatic heterocycles. The third-order valence-electron chi connectivity index (χ3n) is 3.89. The van der Waals surface area contributed by atoms with Gasteiger partial charge in [-0.1, -0.05) is 25.8 Å². The Labute approximate surface area is 131 Å². The zero-order valence-electron chi connectivity index (χ0n) is 13.3. The Morgan fingerprint density at radius 3 is 3.00 bits per heavy atom. The Bertz CT molecular complexity index is 509. The average Bonchev–Trinajstić information content (AvgIpc) is 2.97. The van der Waals surface area contributed by atoms with E-state index in [9.17, 15) is 4.79 Å². The summed E-state index contributed by atoms with van der Waals surface area (Å²) in [5.74, 6) is 0.0229. The summed E-state index contributed by atoms with van der Waals surface area (Å²) in [4.78, 5) is 20.1. The maximum Gasteiger partial charge on any atom is 0.225 e. The number of amides is 1. The molecule has 1 aliphatic heterocycles. The molecule has 1 aliphatic rings. The van der Waals surface area contributed by atoms with Crippen LogP contribution in [0.1, 0.15) is 45.2 Å². The van der Waals surface area contributed by atoms with E-state index >= 15 is 0 Å². The van der Waals surface area contributed by atoms with Crippen molar-refractivity contribution < 1.29 is 4.79 Å². The number of carbonyl (C=O) groups excluding carboxylic acids is 1. The fourth-order valence-electron chi connectivity index (χ4n) is 2.47. The summed E-state index contributed by atoms with van der Waals surface area (Å²) in [6.45, 7) is 7.12. The van der Waals surface area contributed by atoms with Crippen molar-refractivity contribution in [1.29, 1.82) is 0 Å². The van der Waals surface area contributed by atoms with Gasteiger partial charge in [0.25, 0.3) is 0 Å². The van der Waals surface area contributed by atoms with Crippen LogP contribution in [0, 0.1) is 0 Å². The molecular formula is C16H25N3OS. The Hall–Kier alpha value is -1.20. The van der Waals surface area contributed by atoms with Gasteiger partial charge < -0.3 is 0 Å². The molecule has 2 heterocycles. The van der Waals surface area contributed by atoms with Gasteiger partial charge in [0.15, 0.2) is 5.13 Å². The first kappa shape index (κ1) is 16.2. The molecule has 0 N–H and O–H groups in total. The molecule has 5 heteroatoms. The summed E-state index contributed by atoms with van der Waals surface area (Å²) >= 11 is 1.54. The highest BCUT2D eigenvalue weighted by Crippen LogP contribution is 2.26. The maximum atomic E-state index is 11.4. The van der Waals surface area contributed by atoms with E-state index in [1.807, 2.05) is 0 Å². The molecule has 4 nitrogen and oxygen atoms in total. The van der Waals surface area contributed by atoms with Crippen LogP contribution in [0.5, 0.6) is 0 Å². The van der Waals surface area contributed by atoms with Crippen LogP contribution < -0.4 is 4.90 Å². The fourth-order valence-corrected chi connectivity index (χ4v) is 3.33. The topological polar surface area (TPSA) is 36.4 Å². The van der Waals surface area contributed by atoms with Crippen molar-refractivity contribution in [3.63, 3.8) is 0 Å². The second kappa shape index (κ2) is 7.71. The number of nitrogens with zero attached hydrogens (tertiary/aromatic N) is 3. The summed E-state index contributed by atoms with van der Waals surface area (Å²) in [6, 6.07) is 0. The molecule has 0 radical (unpaired) electrons. The monoisotopic (exact) mass is 307 g/mol. The molecule has 0 atom stereocenters. The lowest BCUT2D eigenvalue weighted by Gasteiger charge is -2.26. The Kier molecular flexibility index (Phi) is 5.94. The number of hydrogen-bond donors (Lipinski definition) is 0. The summed E-state index contributed by atoms with van der Waals surface area (Å²) in [6.07, 6.45) is 7.24. The largest absolute Gasteiger partial charge is 0.299 e. The van der Waals surface area contributed by atoms with Gasteiger partial charge in [0.05, 0.1) is 5.69 Å². The van der Waals surface area contributed by atoms with Gasteiger partial charge in [-0.3, -0.25) is 14.6 Å². The molecule has 0 saturated heterocycles. The molecule has 0 aliphatic carbocycles. The fraction of sp³-hybridized carbons (Fsp3) is 0.625. The third-order valence-corrected chi connectivity index (χ3v) is 4.81. The van der Waals surface area contributed by atoms with Crippen molar-refractivity contribution in [3.8, 4) is 0 Å². The Morgan fingerprint density at radius 1 is 1.48 bits per heavy atom. The van der Waals surface area contributed by atoms with Gasteiger partial charge in [-0.25, -0.2) is 4.98 Å². The molecule has 21 heavy (non-hydrogen) atoms. The average molecular weight is 307 g/mol. The minimum Gasteiger partial charge on any atom is -0.299 e. The smallest absolute Gasteiger partial charge is 0.225 e. The number of aromatic nitrogens is 1. The van der Waals surface area contributed by atoms with Crippen molar-refractivity contribution in [2.75, 3.05) is 31.6 Å². The number of thiazole rings is 1. The summed E-state index contributed by atoms with van der Waals surface area (Å²) in [5.41, 5.74) is 2.33. The Balaban J connectivity index is 1.98. The van der Waals surface area contributed by atoms with Crippen molar-refractivity contribution in [2.24, 2.45) is 0 Å². The zero-order chi connectivity index (χ0) is 15.2. The second-order valence-electron chi connectivity index (χ2n) is 5.59. The first-order valence-corrected chi connectivity index (χ1v) is 8.61. The quantitative estimate of drug-likeness (QED) is 0.756. The lowest BCUT2D eigenvalue weighted by molar-refractivity contribution is -0.116. The second-order valence-corrected chi connectivity index (χ2v) is 6.43. The van der Waals surface area contributed by atoms with Crippen LogP contribution in [-0.4, -0.2) is 42.5 Å². The molecule has 0 unspecified atom stereocenters. The van der Waals surface area contributed by atoms with Gasteiger partial charge >= 0.3 is 0 Å².